The van der Waals surface area contributed by atoms with Crippen molar-refractivity contribution in [2.45, 2.75) is 32.5 Å². The number of hydrogen-bond donors (Lipinski definition) is 1. The molecule has 1 aromatic carbocycles. The van der Waals surface area contributed by atoms with Crippen LogP contribution in [0.2, 0.25) is 0 Å². The maximum Gasteiger partial charge on any atom is 0.0971 e. The van der Waals surface area contributed by atoms with Gasteiger partial charge in [0.15, 0.2) is 0 Å². The van der Waals surface area contributed by atoms with Gasteiger partial charge in [-0.15, -0.1) is 5.10 Å². The smallest absolute Gasteiger partial charge is 0.0971 e. The molecule has 23 heavy (non-hydrogen) atoms. The van der Waals surface area contributed by atoms with Gasteiger partial charge in [0.05, 0.1) is 23.7 Å². The summed E-state index contributed by atoms with van der Waals surface area (Å²) in [5.74, 6) is 0. The SMILES string of the molecule is C[C@H](O)CN1CCN(Cc2cn(-c3ccccc3)nn2)C[C@H]1C. The Labute approximate surface area is 137 Å². The molecule has 6 nitrogen and oxygen atoms in total. The van der Waals surface area contributed by atoms with E-state index >= 15 is 0 Å². The summed E-state index contributed by atoms with van der Waals surface area (Å²) in [5.41, 5.74) is 2.02. The standard InChI is InChI=1S/C17H25N5O/c1-14-10-20(8-9-21(14)11-15(2)23)12-16-13-22(19-18-16)17-6-4-3-5-7-17/h3-7,13-15,23H,8-12H2,1-2H3/t14-,15+/m1/s1. The Kier molecular flexibility index (Phi) is 5.05. The number of rotatable bonds is 5. The highest BCUT2D eigenvalue weighted by molar-refractivity contribution is 5.29. The Hall–Kier alpha value is -1.76. The van der Waals surface area contributed by atoms with Gasteiger partial charge in [0.25, 0.3) is 0 Å². The van der Waals surface area contributed by atoms with Gasteiger partial charge in [-0.3, -0.25) is 9.80 Å². The minimum Gasteiger partial charge on any atom is -0.392 e. The van der Waals surface area contributed by atoms with Gasteiger partial charge in [-0.05, 0) is 26.0 Å². The van der Waals surface area contributed by atoms with Crippen molar-refractivity contribution in [3.05, 3.63) is 42.2 Å². The molecular formula is C17H25N5O. The maximum absolute atomic E-state index is 9.56. The van der Waals surface area contributed by atoms with Gasteiger partial charge in [-0.1, -0.05) is 23.4 Å². The van der Waals surface area contributed by atoms with Crippen LogP contribution in [-0.2, 0) is 6.54 Å². The normalized spacial score (nSPS) is 21.4. The molecule has 2 atom stereocenters. The van der Waals surface area contributed by atoms with Crippen LogP contribution in [0.15, 0.2) is 36.5 Å². The summed E-state index contributed by atoms with van der Waals surface area (Å²) in [4.78, 5) is 4.75. The first-order chi connectivity index (χ1) is 11.1. The van der Waals surface area contributed by atoms with Crippen LogP contribution in [-0.4, -0.2) is 68.2 Å². The lowest BCUT2D eigenvalue weighted by molar-refractivity contribution is 0.0418. The molecule has 1 aromatic heterocycles. The van der Waals surface area contributed by atoms with Crippen LogP contribution in [0.4, 0.5) is 0 Å². The van der Waals surface area contributed by atoms with E-state index in [1.165, 1.54) is 0 Å². The van der Waals surface area contributed by atoms with Gasteiger partial charge in [-0.2, -0.15) is 0 Å². The summed E-state index contributed by atoms with van der Waals surface area (Å²) < 4.78 is 1.82. The Balaban J connectivity index is 1.58. The van der Waals surface area contributed by atoms with Crippen LogP contribution in [0.1, 0.15) is 19.5 Å². The predicted octanol–water partition coefficient (Wildman–Crippen LogP) is 1.15. The third kappa shape index (κ3) is 4.16. The van der Waals surface area contributed by atoms with Crippen LogP contribution >= 0.6 is 0 Å². The molecule has 2 aromatic rings. The molecule has 124 valence electrons. The van der Waals surface area contributed by atoms with Crippen molar-refractivity contribution in [1.29, 1.82) is 0 Å². The molecule has 1 saturated heterocycles. The second kappa shape index (κ2) is 7.21. The first-order valence-corrected chi connectivity index (χ1v) is 8.23. The van der Waals surface area contributed by atoms with Gasteiger partial charge in [0.2, 0.25) is 0 Å². The van der Waals surface area contributed by atoms with E-state index in [9.17, 15) is 5.11 Å². The van der Waals surface area contributed by atoms with Crippen molar-refractivity contribution in [3.8, 4) is 5.69 Å². The number of aromatic nitrogens is 3. The number of benzene rings is 1. The van der Waals surface area contributed by atoms with Crippen molar-refractivity contribution >= 4 is 0 Å². The molecule has 0 amide bonds. The van der Waals surface area contributed by atoms with E-state index in [1.807, 2.05) is 48.1 Å². The highest BCUT2D eigenvalue weighted by Gasteiger charge is 2.24. The lowest BCUT2D eigenvalue weighted by atomic mass is 10.1. The summed E-state index contributed by atoms with van der Waals surface area (Å²) in [6, 6.07) is 10.5. The van der Waals surface area contributed by atoms with E-state index in [0.29, 0.717) is 6.04 Å². The summed E-state index contributed by atoms with van der Waals surface area (Å²) >= 11 is 0. The molecule has 0 bridgehead atoms. The van der Waals surface area contributed by atoms with Gasteiger partial charge in [-0.25, -0.2) is 4.68 Å². The number of piperazine rings is 1. The van der Waals surface area contributed by atoms with E-state index in [4.69, 9.17) is 0 Å². The van der Waals surface area contributed by atoms with Crippen molar-refractivity contribution < 1.29 is 5.11 Å². The molecule has 0 aliphatic carbocycles. The Morgan fingerprint density at radius 2 is 2.04 bits per heavy atom. The zero-order chi connectivity index (χ0) is 16.2. The predicted molar refractivity (Wildman–Crippen MR) is 89.4 cm³/mol. The number of hydrogen-bond acceptors (Lipinski definition) is 5. The summed E-state index contributed by atoms with van der Waals surface area (Å²) in [7, 11) is 0. The molecular weight excluding hydrogens is 290 g/mol. The first kappa shape index (κ1) is 16.1. The van der Waals surface area contributed by atoms with Crippen molar-refractivity contribution in [2.24, 2.45) is 0 Å². The highest BCUT2D eigenvalue weighted by Crippen LogP contribution is 2.13. The number of nitrogens with zero attached hydrogens (tertiary/aromatic N) is 5. The minimum absolute atomic E-state index is 0.269. The van der Waals surface area contributed by atoms with Gasteiger partial charge in [0, 0.05) is 38.8 Å². The third-order valence-corrected chi connectivity index (χ3v) is 4.30. The van der Waals surface area contributed by atoms with Crippen LogP contribution < -0.4 is 0 Å². The van der Waals surface area contributed by atoms with E-state index < -0.39 is 0 Å². The second-order valence-electron chi connectivity index (χ2n) is 6.42. The van der Waals surface area contributed by atoms with E-state index in [0.717, 1.165) is 44.1 Å². The van der Waals surface area contributed by atoms with Crippen molar-refractivity contribution in [3.63, 3.8) is 0 Å². The molecule has 6 heteroatoms. The maximum atomic E-state index is 9.56. The molecule has 0 spiro atoms. The molecule has 1 aliphatic rings. The molecule has 1 N–H and O–H groups in total. The number of para-hydroxylation sites is 1. The van der Waals surface area contributed by atoms with Gasteiger partial charge >= 0.3 is 0 Å². The van der Waals surface area contributed by atoms with E-state index in [1.54, 1.807) is 0 Å². The molecule has 0 saturated carbocycles. The lowest BCUT2D eigenvalue weighted by Gasteiger charge is -2.40. The van der Waals surface area contributed by atoms with Crippen LogP contribution in [0.25, 0.3) is 5.69 Å². The zero-order valence-electron chi connectivity index (χ0n) is 13.8. The van der Waals surface area contributed by atoms with Gasteiger partial charge < -0.3 is 5.11 Å². The van der Waals surface area contributed by atoms with Crippen LogP contribution in [0.5, 0.6) is 0 Å². The average molecular weight is 315 g/mol. The fourth-order valence-electron chi connectivity index (χ4n) is 3.13. The number of β-amino-alcohol motifs (C(OH)–C–C–N with tert-alkyl or cyclic N) is 1. The summed E-state index contributed by atoms with van der Waals surface area (Å²) in [5, 5.41) is 18.1. The molecule has 1 fully saturated rings. The number of aliphatic hydroxyl groups is 1. The first-order valence-electron chi connectivity index (χ1n) is 8.23. The fraction of sp³-hybridized carbons (Fsp3) is 0.529. The molecule has 3 rings (SSSR count). The number of aliphatic hydroxyl groups excluding tert-OH is 1. The van der Waals surface area contributed by atoms with Crippen LogP contribution in [0.3, 0.4) is 0 Å². The molecule has 0 unspecified atom stereocenters. The third-order valence-electron chi connectivity index (χ3n) is 4.30. The Morgan fingerprint density at radius 1 is 1.26 bits per heavy atom. The van der Waals surface area contributed by atoms with E-state index in [-0.39, 0.29) is 6.10 Å². The van der Waals surface area contributed by atoms with Crippen molar-refractivity contribution in [1.82, 2.24) is 24.8 Å². The molecule has 0 radical (unpaired) electrons. The Bertz CT molecular complexity index is 612. The average Bonchev–Trinajstić information content (AvgIpc) is 2.99. The molecule has 2 heterocycles. The van der Waals surface area contributed by atoms with Gasteiger partial charge in [0.1, 0.15) is 0 Å². The Morgan fingerprint density at radius 3 is 2.74 bits per heavy atom. The fourth-order valence-corrected chi connectivity index (χ4v) is 3.13. The minimum atomic E-state index is -0.269. The van der Waals surface area contributed by atoms with E-state index in [2.05, 4.69) is 27.0 Å². The topological polar surface area (TPSA) is 57.4 Å². The second-order valence-corrected chi connectivity index (χ2v) is 6.42. The largest absolute Gasteiger partial charge is 0.392 e. The lowest BCUT2D eigenvalue weighted by Crippen LogP contribution is -2.53. The van der Waals surface area contributed by atoms with Crippen LogP contribution in [0, 0.1) is 0 Å². The van der Waals surface area contributed by atoms with Crippen molar-refractivity contribution in [2.75, 3.05) is 26.2 Å². The quantitative estimate of drug-likeness (QED) is 0.897. The zero-order valence-corrected chi connectivity index (χ0v) is 13.8. The summed E-state index contributed by atoms with van der Waals surface area (Å²) in [6.45, 7) is 8.61. The summed E-state index contributed by atoms with van der Waals surface area (Å²) in [6.07, 6.45) is 1.73. The molecule has 1 aliphatic heterocycles. The highest BCUT2D eigenvalue weighted by atomic mass is 16.3. The monoisotopic (exact) mass is 315 g/mol.